The molecule has 0 bridgehead atoms. The van der Waals surface area contributed by atoms with E-state index in [1.807, 2.05) is 61.5 Å². The van der Waals surface area contributed by atoms with Crippen molar-refractivity contribution >= 4 is 17.2 Å². The average Bonchev–Trinajstić information content (AvgIpc) is 2.88. The molecule has 0 atom stereocenters. The van der Waals surface area contributed by atoms with Crippen molar-refractivity contribution in [3.05, 3.63) is 66.0 Å². The molecule has 0 radical (unpaired) electrons. The van der Waals surface area contributed by atoms with Crippen molar-refractivity contribution in [3.63, 3.8) is 0 Å². The third-order valence-electron chi connectivity index (χ3n) is 3.51. The smallest absolute Gasteiger partial charge is 0.291 e. The molecule has 0 spiro atoms. The summed E-state index contributed by atoms with van der Waals surface area (Å²) in [5.41, 5.74) is 8.86. The summed E-state index contributed by atoms with van der Waals surface area (Å²) in [6.45, 7) is 1.89. The second kappa shape index (κ2) is 4.90. The van der Waals surface area contributed by atoms with Crippen LogP contribution in [0.1, 0.15) is 16.2 Å². The predicted molar refractivity (Wildman–Crippen MR) is 81.1 cm³/mol. The highest BCUT2D eigenvalue weighted by Gasteiger charge is 2.23. The van der Waals surface area contributed by atoms with Crippen molar-refractivity contribution in [2.75, 3.05) is 0 Å². The second-order valence-electron chi connectivity index (χ2n) is 4.89. The number of benzene rings is 1. The number of rotatable bonds is 3. The van der Waals surface area contributed by atoms with E-state index in [1.54, 1.807) is 4.40 Å². The van der Waals surface area contributed by atoms with Gasteiger partial charge in [0, 0.05) is 16.8 Å². The highest BCUT2D eigenvalue weighted by Crippen LogP contribution is 2.29. The van der Waals surface area contributed by atoms with Gasteiger partial charge in [-0.2, -0.15) is 0 Å². The van der Waals surface area contributed by atoms with Gasteiger partial charge < -0.3 is 10.1 Å². The molecule has 2 heterocycles. The van der Waals surface area contributed by atoms with Gasteiger partial charge in [-0.3, -0.25) is 9.59 Å². The van der Waals surface area contributed by atoms with Gasteiger partial charge in [-0.1, -0.05) is 36.4 Å². The second-order valence-corrected chi connectivity index (χ2v) is 4.89. The molecule has 1 amide bonds. The van der Waals surface area contributed by atoms with Crippen molar-refractivity contribution in [2.45, 2.75) is 6.92 Å². The molecular weight excluding hydrogens is 264 g/mol. The van der Waals surface area contributed by atoms with Gasteiger partial charge in [0.2, 0.25) is 0 Å². The lowest BCUT2D eigenvalue weighted by molar-refractivity contribution is -0.114. The van der Waals surface area contributed by atoms with Crippen LogP contribution in [0, 0.1) is 6.92 Å². The molecule has 21 heavy (non-hydrogen) atoms. The first kappa shape index (κ1) is 13.1. The number of aryl methyl sites for hydroxylation is 1. The Morgan fingerprint density at radius 2 is 1.71 bits per heavy atom. The highest BCUT2D eigenvalue weighted by atomic mass is 16.2. The number of nitrogens with two attached hydrogens (primary N) is 1. The number of nitrogens with zero attached hydrogens (tertiary/aromatic N) is 1. The van der Waals surface area contributed by atoms with Crippen LogP contribution >= 0.6 is 0 Å². The molecule has 0 unspecified atom stereocenters. The van der Waals surface area contributed by atoms with Crippen LogP contribution in [-0.4, -0.2) is 16.1 Å². The van der Waals surface area contributed by atoms with Crippen LogP contribution in [0.3, 0.4) is 0 Å². The zero-order valence-corrected chi connectivity index (χ0v) is 11.5. The molecule has 0 saturated carbocycles. The third kappa shape index (κ3) is 2.10. The van der Waals surface area contributed by atoms with Gasteiger partial charge in [0.25, 0.3) is 11.7 Å². The number of amides is 1. The summed E-state index contributed by atoms with van der Waals surface area (Å²) in [5, 5.41) is 0. The Labute approximate surface area is 121 Å². The molecule has 4 nitrogen and oxygen atoms in total. The minimum atomic E-state index is -0.949. The fourth-order valence-corrected chi connectivity index (χ4v) is 2.57. The summed E-state index contributed by atoms with van der Waals surface area (Å²) >= 11 is 0. The lowest BCUT2D eigenvalue weighted by Gasteiger charge is -2.06. The van der Waals surface area contributed by atoms with E-state index in [-0.39, 0.29) is 0 Å². The van der Waals surface area contributed by atoms with Crippen LogP contribution in [0.25, 0.3) is 16.6 Å². The van der Waals surface area contributed by atoms with Crippen molar-refractivity contribution < 1.29 is 9.59 Å². The number of fused-ring (bicyclic) bond motifs is 1. The maximum atomic E-state index is 12.3. The standard InChI is InChI=1S/C17H14N2O2/c1-11-6-5-9-13-10-14(12-7-3-2-4-8-12)15(19(11)13)16(20)17(18)21/h2-10H,1H3,(H2,18,21). The molecule has 3 rings (SSSR count). The Morgan fingerprint density at radius 1 is 1.00 bits per heavy atom. The van der Waals surface area contributed by atoms with E-state index in [9.17, 15) is 9.59 Å². The van der Waals surface area contributed by atoms with Crippen LogP contribution < -0.4 is 5.73 Å². The van der Waals surface area contributed by atoms with Gasteiger partial charge in [-0.25, -0.2) is 0 Å². The van der Waals surface area contributed by atoms with Crippen LogP contribution in [0.15, 0.2) is 54.6 Å². The molecule has 104 valence electrons. The maximum Gasteiger partial charge on any atom is 0.291 e. The maximum absolute atomic E-state index is 12.3. The van der Waals surface area contributed by atoms with Gasteiger partial charge in [-0.05, 0) is 30.7 Å². The monoisotopic (exact) mass is 278 g/mol. The Kier molecular flexibility index (Phi) is 3.06. The normalized spacial score (nSPS) is 10.7. The van der Waals surface area contributed by atoms with Crippen molar-refractivity contribution in [3.8, 4) is 11.1 Å². The summed E-state index contributed by atoms with van der Waals surface area (Å²) in [7, 11) is 0. The van der Waals surface area contributed by atoms with Crippen molar-refractivity contribution in [1.29, 1.82) is 0 Å². The molecule has 3 aromatic rings. The third-order valence-corrected chi connectivity index (χ3v) is 3.51. The lowest BCUT2D eigenvalue weighted by Crippen LogP contribution is -2.25. The minimum absolute atomic E-state index is 0.321. The fraction of sp³-hybridized carbons (Fsp3) is 0.0588. The van der Waals surface area contributed by atoms with Gasteiger partial charge in [0.05, 0.1) is 0 Å². The van der Waals surface area contributed by atoms with Crippen molar-refractivity contribution in [2.24, 2.45) is 5.73 Å². The Bertz CT molecular complexity index is 848. The number of pyridine rings is 1. The quantitative estimate of drug-likeness (QED) is 0.591. The van der Waals surface area contributed by atoms with Gasteiger partial charge in [0.15, 0.2) is 0 Å². The number of carbonyl (C=O) groups excluding carboxylic acids is 2. The first-order valence-electron chi connectivity index (χ1n) is 6.60. The van der Waals surface area contributed by atoms with E-state index < -0.39 is 11.7 Å². The van der Waals surface area contributed by atoms with Crippen molar-refractivity contribution in [1.82, 2.24) is 4.40 Å². The van der Waals surface area contributed by atoms with Gasteiger partial charge in [-0.15, -0.1) is 0 Å². The van der Waals surface area contributed by atoms with E-state index in [4.69, 9.17) is 5.73 Å². The SMILES string of the molecule is Cc1cccc2cc(-c3ccccc3)c(C(=O)C(N)=O)n12. The molecule has 4 heteroatoms. The average molecular weight is 278 g/mol. The molecule has 0 aliphatic carbocycles. The molecule has 0 fully saturated rings. The molecule has 0 aliphatic heterocycles. The number of carbonyl (C=O) groups is 2. The van der Waals surface area contributed by atoms with Crippen LogP contribution in [0.4, 0.5) is 0 Å². The molecule has 0 aliphatic rings. The minimum Gasteiger partial charge on any atom is -0.363 e. The van der Waals surface area contributed by atoms with E-state index in [1.165, 1.54) is 0 Å². The summed E-state index contributed by atoms with van der Waals surface area (Å²) in [4.78, 5) is 23.7. The van der Waals surface area contributed by atoms with E-state index in [2.05, 4.69) is 0 Å². The van der Waals surface area contributed by atoms with Gasteiger partial charge in [0.1, 0.15) is 5.69 Å². The Balaban J connectivity index is 2.40. The topological polar surface area (TPSA) is 64.6 Å². The van der Waals surface area contributed by atoms with Crippen LogP contribution in [-0.2, 0) is 4.79 Å². The largest absolute Gasteiger partial charge is 0.363 e. The zero-order valence-electron chi connectivity index (χ0n) is 11.5. The molecule has 1 aromatic carbocycles. The lowest BCUT2D eigenvalue weighted by atomic mass is 10.0. The highest BCUT2D eigenvalue weighted by molar-refractivity contribution is 6.43. The molecule has 2 N–H and O–H groups in total. The van der Waals surface area contributed by atoms with E-state index >= 15 is 0 Å². The number of ketones is 1. The number of hydrogen-bond donors (Lipinski definition) is 1. The van der Waals surface area contributed by atoms with Crippen LogP contribution in [0.2, 0.25) is 0 Å². The Hall–Kier alpha value is -2.88. The first-order valence-corrected chi connectivity index (χ1v) is 6.60. The summed E-state index contributed by atoms with van der Waals surface area (Å²) < 4.78 is 1.77. The Morgan fingerprint density at radius 3 is 2.38 bits per heavy atom. The first-order chi connectivity index (χ1) is 10.1. The summed E-state index contributed by atoms with van der Waals surface area (Å²) in [6.07, 6.45) is 0. The summed E-state index contributed by atoms with van der Waals surface area (Å²) in [5.74, 6) is -1.63. The molecule has 2 aromatic heterocycles. The fourth-order valence-electron chi connectivity index (χ4n) is 2.57. The van der Waals surface area contributed by atoms with E-state index in [0.29, 0.717) is 11.3 Å². The number of primary amides is 1. The number of aromatic nitrogens is 1. The number of Topliss-reactive ketones (excluding diaryl/α,β-unsaturated/α-hetero) is 1. The predicted octanol–water partition coefficient (Wildman–Crippen LogP) is 2.58. The number of hydrogen-bond acceptors (Lipinski definition) is 2. The van der Waals surface area contributed by atoms with Gasteiger partial charge >= 0.3 is 0 Å². The molecular formula is C17H14N2O2. The van der Waals surface area contributed by atoms with E-state index in [0.717, 1.165) is 16.8 Å². The zero-order chi connectivity index (χ0) is 15.0. The molecule has 0 saturated heterocycles. The van der Waals surface area contributed by atoms with Crippen LogP contribution in [0.5, 0.6) is 0 Å². The summed E-state index contributed by atoms with van der Waals surface area (Å²) in [6, 6.07) is 17.1.